The SMILES string of the molecule is CCC(CC)CC(O)CSc1ccccc1F. The van der Waals surface area contributed by atoms with Crippen molar-refractivity contribution in [1.82, 2.24) is 0 Å². The summed E-state index contributed by atoms with van der Waals surface area (Å²) in [6.45, 7) is 4.29. The summed E-state index contributed by atoms with van der Waals surface area (Å²) in [5.74, 6) is 0.940. The first-order valence-corrected chi connectivity index (χ1v) is 7.21. The molecule has 0 saturated heterocycles. The van der Waals surface area contributed by atoms with Gasteiger partial charge in [0, 0.05) is 10.6 Å². The first kappa shape index (κ1) is 14.5. The van der Waals surface area contributed by atoms with E-state index in [1.54, 1.807) is 12.1 Å². The van der Waals surface area contributed by atoms with E-state index in [-0.39, 0.29) is 11.9 Å². The monoisotopic (exact) mass is 256 g/mol. The van der Waals surface area contributed by atoms with Crippen molar-refractivity contribution in [3.63, 3.8) is 0 Å². The predicted octanol–water partition coefficient (Wildman–Crippen LogP) is 4.11. The number of benzene rings is 1. The van der Waals surface area contributed by atoms with Crippen LogP contribution in [-0.2, 0) is 0 Å². The van der Waals surface area contributed by atoms with E-state index < -0.39 is 0 Å². The molecule has 0 heterocycles. The Kier molecular flexibility index (Phi) is 6.60. The molecule has 96 valence electrons. The number of aliphatic hydroxyl groups excluding tert-OH is 1. The number of halogens is 1. The van der Waals surface area contributed by atoms with Gasteiger partial charge in [-0.15, -0.1) is 11.8 Å². The summed E-state index contributed by atoms with van der Waals surface area (Å²) in [6.07, 6.45) is 2.66. The molecule has 0 fully saturated rings. The van der Waals surface area contributed by atoms with Gasteiger partial charge in [0.15, 0.2) is 0 Å². The van der Waals surface area contributed by atoms with Crippen LogP contribution in [0.3, 0.4) is 0 Å². The fraction of sp³-hybridized carbons (Fsp3) is 0.571. The second kappa shape index (κ2) is 7.72. The van der Waals surface area contributed by atoms with E-state index in [4.69, 9.17) is 0 Å². The lowest BCUT2D eigenvalue weighted by Gasteiger charge is -2.17. The van der Waals surface area contributed by atoms with Gasteiger partial charge in [-0.1, -0.05) is 38.8 Å². The molecule has 0 amide bonds. The second-order valence-corrected chi connectivity index (χ2v) is 5.38. The minimum atomic E-state index is -0.343. The van der Waals surface area contributed by atoms with Crippen LogP contribution in [0.15, 0.2) is 29.2 Å². The van der Waals surface area contributed by atoms with Crippen LogP contribution in [0.4, 0.5) is 4.39 Å². The molecule has 0 spiro atoms. The number of hydrogen-bond donors (Lipinski definition) is 1. The van der Waals surface area contributed by atoms with Crippen molar-refractivity contribution in [1.29, 1.82) is 0 Å². The van der Waals surface area contributed by atoms with Crippen molar-refractivity contribution >= 4 is 11.8 Å². The van der Waals surface area contributed by atoms with Crippen molar-refractivity contribution in [3.05, 3.63) is 30.1 Å². The molecule has 0 aliphatic heterocycles. The van der Waals surface area contributed by atoms with Crippen LogP contribution in [0.25, 0.3) is 0 Å². The number of aliphatic hydroxyl groups is 1. The zero-order valence-electron chi connectivity index (χ0n) is 10.5. The highest BCUT2D eigenvalue weighted by atomic mass is 32.2. The lowest BCUT2D eigenvalue weighted by atomic mass is 9.97. The standard InChI is InChI=1S/C14H21FOS/c1-3-11(4-2)9-12(16)10-17-14-8-6-5-7-13(14)15/h5-8,11-12,16H,3-4,9-10H2,1-2H3. The molecule has 0 aliphatic carbocycles. The fourth-order valence-corrected chi connectivity index (χ4v) is 2.71. The molecule has 17 heavy (non-hydrogen) atoms. The first-order valence-electron chi connectivity index (χ1n) is 6.22. The molecule has 0 bridgehead atoms. The molecule has 0 aliphatic rings. The molecule has 1 N–H and O–H groups in total. The molecule has 3 heteroatoms. The van der Waals surface area contributed by atoms with Crippen molar-refractivity contribution in [2.45, 2.75) is 44.1 Å². The molecule has 0 radical (unpaired) electrons. The topological polar surface area (TPSA) is 20.2 Å². The van der Waals surface area contributed by atoms with Gasteiger partial charge in [0.1, 0.15) is 5.82 Å². The van der Waals surface area contributed by atoms with E-state index in [0.29, 0.717) is 16.6 Å². The third-order valence-electron chi connectivity index (χ3n) is 3.03. The molecule has 1 nitrogen and oxygen atoms in total. The second-order valence-electron chi connectivity index (χ2n) is 4.31. The van der Waals surface area contributed by atoms with Gasteiger partial charge >= 0.3 is 0 Å². The van der Waals surface area contributed by atoms with Crippen LogP contribution in [0, 0.1) is 11.7 Å². The summed E-state index contributed by atoms with van der Waals surface area (Å²) in [6, 6.07) is 6.71. The first-order chi connectivity index (χ1) is 8.17. The molecule has 1 atom stereocenters. The zero-order valence-corrected chi connectivity index (χ0v) is 11.3. The Labute approximate surface area is 107 Å². The normalized spacial score (nSPS) is 13.0. The van der Waals surface area contributed by atoms with E-state index in [9.17, 15) is 9.50 Å². The highest BCUT2D eigenvalue weighted by Crippen LogP contribution is 2.24. The Hall–Kier alpha value is -0.540. The molecule has 1 aromatic carbocycles. The summed E-state index contributed by atoms with van der Waals surface area (Å²) in [5.41, 5.74) is 0. The Morgan fingerprint density at radius 3 is 2.47 bits per heavy atom. The maximum Gasteiger partial charge on any atom is 0.136 e. The average molecular weight is 256 g/mol. The van der Waals surface area contributed by atoms with Crippen LogP contribution in [-0.4, -0.2) is 17.0 Å². The summed E-state index contributed by atoms with van der Waals surface area (Å²) < 4.78 is 13.3. The number of thioether (sulfide) groups is 1. The lowest BCUT2D eigenvalue weighted by Crippen LogP contribution is -2.15. The largest absolute Gasteiger partial charge is 0.392 e. The molecular weight excluding hydrogens is 235 g/mol. The van der Waals surface area contributed by atoms with Crippen LogP contribution < -0.4 is 0 Å². The minimum Gasteiger partial charge on any atom is -0.392 e. The predicted molar refractivity (Wildman–Crippen MR) is 71.8 cm³/mol. The Balaban J connectivity index is 2.38. The van der Waals surface area contributed by atoms with Gasteiger partial charge in [0.2, 0.25) is 0 Å². The van der Waals surface area contributed by atoms with E-state index in [0.717, 1.165) is 19.3 Å². The summed E-state index contributed by atoms with van der Waals surface area (Å²) >= 11 is 1.39. The van der Waals surface area contributed by atoms with Crippen molar-refractivity contribution in [3.8, 4) is 0 Å². The van der Waals surface area contributed by atoms with Crippen LogP contribution in [0.1, 0.15) is 33.1 Å². The van der Waals surface area contributed by atoms with Crippen LogP contribution in [0.5, 0.6) is 0 Å². The van der Waals surface area contributed by atoms with E-state index >= 15 is 0 Å². The quantitative estimate of drug-likeness (QED) is 0.741. The Morgan fingerprint density at radius 2 is 1.88 bits per heavy atom. The van der Waals surface area contributed by atoms with Gasteiger partial charge in [0.25, 0.3) is 0 Å². The summed E-state index contributed by atoms with van der Waals surface area (Å²) in [4.78, 5) is 0.621. The highest BCUT2D eigenvalue weighted by Gasteiger charge is 2.12. The molecule has 0 saturated carbocycles. The Bertz CT molecular complexity index is 326. The fourth-order valence-electron chi connectivity index (χ4n) is 1.82. The lowest BCUT2D eigenvalue weighted by molar-refractivity contribution is 0.161. The van der Waals surface area contributed by atoms with Gasteiger partial charge in [-0.05, 0) is 24.5 Å². The minimum absolute atomic E-state index is 0.202. The average Bonchev–Trinajstić information content (AvgIpc) is 2.35. The van der Waals surface area contributed by atoms with Crippen molar-refractivity contribution in [2.24, 2.45) is 5.92 Å². The third-order valence-corrected chi connectivity index (χ3v) is 4.22. The highest BCUT2D eigenvalue weighted by molar-refractivity contribution is 7.99. The molecule has 1 rings (SSSR count). The maximum absolute atomic E-state index is 13.3. The molecule has 1 aromatic rings. The van der Waals surface area contributed by atoms with E-state index in [1.165, 1.54) is 17.8 Å². The number of rotatable bonds is 7. The molecular formula is C14H21FOS. The van der Waals surface area contributed by atoms with Gasteiger partial charge in [-0.3, -0.25) is 0 Å². The van der Waals surface area contributed by atoms with Gasteiger partial charge < -0.3 is 5.11 Å². The van der Waals surface area contributed by atoms with E-state index in [1.807, 2.05) is 6.07 Å². The van der Waals surface area contributed by atoms with Crippen molar-refractivity contribution in [2.75, 3.05) is 5.75 Å². The summed E-state index contributed by atoms with van der Waals surface area (Å²) in [5, 5.41) is 9.89. The van der Waals surface area contributed by atoms with Crippen molar-refractivity contribution < 1.29 is 9.50 Å². The maximum atomic E-state index is 13.3. The summed E-state index contributed by atoms with van der Waals surface area (Å²) in [7, 11) is 0. The molecule has 0 aromatic heterocycles. The van der Waals surface area contributed by atoms with Gasteiger partial charge in [-0.2, -0.15) is 0 Å². The Morgan fingerprint density at radius 1 is 1.24 bits per heavy atom. The van der Waals surface area contributed by atoms with Gasteiger partial charge in [-0.25, -0.2) is 4.39 Å². The smallest absolute Gasteiger partial charge is 0.136 e. The van der Waals surface area contributed by atoms with Crippen LogP contribution in [0.2, 0.25) is 0 Å². The van der Waals surface area contributed by atoms with E-state index in [2.05, 4.69) is 13.8 Å². The number of hydrogen-bond acceptors (Lipinski definition) is 2. The molecule has 1 unspecified atom stereocenters. The van der Waals surface area contributed by atoms with Gasteiger partial charge in [0.05, 0.1) is 6.10 Å². The van der Waals surface area contributed by atoms with Crippen LogP contribution >= 0.6 is 11.8 Å². The third kappa shape index (κ3) is 5.09. The zero-order chi connectivity index (χ0) is 12.7.